The van der Waals surface area contributed by atoms with Crippen molar-refractivity contribution in [2.45, 2.75) is 25.3 Å². The fourth-order valence-corrected chi connectivity index (χ4v) is 2.85. The fraction of sp³-hybridized carbons (Fsp3) is 0.462. The molecule has 2 aliphatic rings. The van der Waals surface area contributed by atoms with E-state index in [1.807, 2.05) is 6.07 Å². The summed E-state index contributed by atoms with van der Waals surface area (Å²) in [6, 6.07) is 8.56. The highest BCUT2D eigenvalue weighted by Gasteiger charge is 2.42. The molecule has 2 unspecified atom stereocenters. The van der Waals surface area contributed by atoms with Crippen molar-refractivity contribution < 1.29 is 9.90 Å². The van der Waals surface area contributed by atoms with Gasteiger partial charge in [0.2, 0.25) is 0 Å². The Morgan fingerprint density at radius 2 is 2.12 bits per heavy atom. The number of carboxylic acid groups (broad SMARTS) is 1. The van der Waals surface area contributed by atoms with E-state index in [4.69, 9.17) is 5.11 Å². The third-order valence-corrected chi connectivity index (χ3v) is 3.88. The maximum absolute atomic E-state index is 11.0. The second-order valence-electron chi connectivity index (χ2n) is 4.66. The summed E-state index contributed by atoms with van der Waals surface area (Å²) in [5, 5.41) is 9.09. The zero-order valence-electron chi connectivity index (χ0n) is 9.10. The van der Waals surface area contributed by atoms with Crippen molar-refractivity contribution in [1.82, 2.24) is 0 Å². The fourth-order valence-electron chi connectivity index (χ4n) is 2.85. The third-order valence-electron chi connectivity index (χ3n) is 3.88. The van der Waals surface area contributed by atoms with Gasteiger partial charge in [0.1, 0.15) is 0 Å². The molecule has 0 spiro atoms. The smallest absolute Gasteiger partial charge is 0.308 e. The van der Waals surface area contributed by atoms with Crippen LogP contribution in [-0.4, -0.2) is 23.7 Å². The van der Waals surface area contributed by atoms with Crippen molar-refractivity contribution in [1.29, 1.82) is 0 Å². The Kier molecular flexibility index (Phi) is 2.13. The molecule has 3 nitrogen and oxygen atoms in total. The number of carbonyl (C=O) groups is 1. The Hall–Kier alpha value is -1.51. The first-order valence-corrected chi connectivity index (χ1v) is 5.85. The molecule has 0 amide bonds. The third kappa shape index (κ3) is 1.31. The van der Waals surface area contributed by atoms with E-state index in [9.17, 15) is 4.79 Å². The first-order chi connectivity index (χ1) is 7.77. The first-order valence-electron chi connectivity index (χ1n) is 5.85. The summed E-state index contributed by atoms with van der Waals surface area (Å²) >= 11 is 0. The van der Waals surface area contributed by atoms with Gasteiger partial charge in [-0.05, 0) is 30.9 Å². The Labute approximate surface area is 94.7 Å². The summed E-state index contributed by atoms with van der Waals surface area (Å²) in [4.78, 5) is 13.3. The van der Waals surface area contributed by atoms with Gasteiger partial charge < -0.3 is 10.0 Å². The standard InChI is InChI=1S/C13H15NO2/c15-13(16)10-5-6-12(10)14-8-7-9-3-1-2-4-11(9)14/h1-4,10,12H,5-8H2,(H,15,16). The van der Waals surface area contributed by atoms with E-state index in [1.165, 1.54) is 11.3 Å². The zero-order chi connectivity index (χ0) is 11.1. The van der Waals surface area contributed by atoms with Gasteiger partial charge in [0.05, 0.1) is 5.92 Å². The number of nitrogens with zero attached hydrogens (tertiary/aromatic N) is 1. The Morgan fingerprint density at radius 3 is 2.81 bits per heavy atom. The number of benzene rings is 1. The number of hydrogen-bond donors (Lipinski definition) is 1. The van der Waals surface area contributed by atoms with E-state index in [0.29, 0.717) is 0 Å². The molecule has 3 rings (SSSR count). The number of anilines is 1. The van der Waals surface area contributed by atoms with E-state index in [1.54, 1.807) is 0 Å². The molecule has 2 atom stereocenters. The van der Waals surface area contributed by atoms with Crippen LogP contribution in [-0.2, 0) is 11.2 Å². The Morgan fingerprint density at radius 1 is 1.31 bits per heavy atom. The van der Waals surface area contributed by atoms with Crippen molar-refractivity contribution in [2.75, 3.05) is 11.4 Å². The average molecular weight is 217 g/mol. The number of aliphatic carboxylic acids is 1. The molecule has 1 aliphatic carbocycles. The lowest BCUT2D eigenvalue weighted by atomic mass is 9.78. The molecular formula is C13H15NO2. The van der Waals surface area contributed by atoms with Crippen LogP contribution in [0, 0.1) is 5.92 Å². The summed E-state index contributed by atoms with van der Waals surface area (Å²) in [5.41, 5.74) is 2.61. The molecule has 1 aromatic carbocycles. The molecule has 1 saturated carbocycles. The van der Waals surface area contributed by atoms with Crippen molar-refractivity contribution in [3.63, 3.8) is 0 Å². The minimum atomic E-state index is -0.638. The summed E-state index contributed by atoms with van der Waals surface area (Å²) < 4.78 is 0. The second-order valence-corrected chi connectivity index (χ2v) is 4.66. The van der Waals surface area contributed by atoms with Gasteiger partial charge >= 0.3 is 5.97 Å². The van der Waals surface area contributed by atoms with E-state index in [-0.39, 0.29) is 12.0 Å². The summed E-state index contributed by atoms with van der Waals surface area (Å²) in [6.07, 6.45) is 2.91. The molecule has 0 aromatic heterocycles. The van der Waals surface area contributed by atoms with Crippen LogP contribution in [0.1, 0.15) is 18.4 Å². The molecule has 0 saturated heterocycles. The van der Waals surface area contributed by atoms with Crippen LogP contribution < -0.4 is 4.90 Å². The largest absolute Gasteiger partial charge is 0.481 e. The average Bonchev–Trinajstić information content (AvgIpc) is 2.60. The van der Waals surface area contributed by atoms with E-state index >= 15 is 0 Å². The highest BCUT2D eigenvalue weighted by molar-refractivity contribution is 5.74. The Bertz CT molecular complexity index is 430. The van der Waals surface area contributed by atoms with E-state index in [0.717, 1.165) is 25.8 Å². The van der Waals surface area contributed by atoms with Gasteiger partial charge in [-0.15, -0.1) is 0 Å². The number of fused-ring (bicyclic) bond motifs is 1. The van der Waals surface area contributed by atoms with Crippen LogP contribution in [0.25, 0.3) is 0 Å². The first kappa shape index (κ1) is 9.70. The molecule has 1 aromatic rings. The highest BCUT2D eigenvalue weighted by atomic mass is 16.4. The monoisotopic (exact) mass is 217 g/mol. The Balaban J connectivity index is 1.85. The van der Waals surface area contributed by atoms with Crippen molar-refractivity contribution in [2.24, 2.45) is 5.92 Å². The number of rotatable bonds is 2. The molecule has 3 heteroatoms. The normalized spacial score (nSPS) is 27.4. The maximum Gasteiger partial charge on any atom is 0.308 e. The molecule has 1 aliphatic heterocycles. The number of carboxylic acids is 1. The van der Waals surface area contributed by atoms with Crippen LogP contribution in [0.2, 0.25) is 0 Å². The SMILES string of the molecule is O=C(O)C1CCC1N1CCc2ccccc21. The van der Waals surface area contributed by atoms with Gasteiger partial charge in [-0.3, -0.25) is 4.79 Å². The lowest BCUT2D eigenvalue weighted by Gasteiger charge is -2.41. The van der Waals surface area contributed by atoms with Gasteiger partial charge in [-0.2, -0.15) is 0 Å². The topological polar surface area (TPSA) is 40.5 Å². The maximum atomic E-state index is 11.0. The molecule has 84 valence electrons. The minimum Gasteiger partial charge on any atom is -0.481 e. The summed E-state index contributed by atoms with van der Waals surface area (Å²) in [7, 11) is 0. The minimum absolute atomic E-state index is 0.161. The van der Waals surface area contributed by atoms with Crippen LogP contribution in [0.4, 0.5) is 5.69 Å². The van der Waals surface area contributed by atoms with Gasteiger partial charge in [0.25, 0.3) is 0 Å². The van der Waals surface area contributed by atoms with E-state index < -0.39 is 5.97 Å². The zero-order valence-corrected chi connectivity index (χ0v) is 9.10. The lowest BCUT2D eigenvalue weighted by molar-refractivity contribution is -0.145. The van der Waals surface area contributed by atoms with Gasteiger partial charge in [0, 0.05) is 18.3 Å². The molecule has 0 bridgehead atoms. The number of para-hydroxylation sites is 1. The van der Waals surface area contributed by atoms with Crippen LogP contribution in [0.3, 0.4) is 0 Å². The summed E-state index contributed by atoms with van der Waals surface area (Å²) in [5.74, 6) is -0.799. The highest BCUT2D eigenvalue weighted by Crippen LogP contribution is 2.39. The predicted octanol–water partition coefficient (Wildman–Crippen LogP) is 1.91. The molecule has 1 fully saturated rings. The quantitative estimate of drug-likeness (QED) is 0.822. The molecule has 1 heterocycles. The van der Waals surface area contributed by atoms with Crippen LogP contribution >= 0.6 is 0 Å². The van der Waals surface area contributed by atoms with Gasteiger partial charge in [0.15, 0.2) is 0 Å². The number of hydrogen-bond acceptors (Lipinski definition) is 2. The van der Waals surface area contributed by atoms with E-state index in [2.05, 4.69) is 23.1 Å². The van der Waals surface area contributed by atoms with Crippen molar-refractivity contribution >= 4 is 11.7 Å². The van der Waals surface area contributed by atoms with Crippen LogP contribution in [0.15, 0.2) is 24.3 Å². The van der Waals surface area contributed by atoms with Crippen LogP contribution in [0.5, 0.6) is 0 Å². The molecule has 0 radical (unpaired) electrons. The van der Waals surface area contributed by atoms with Crippen molar-refractivity contribution in [3.05, 3.63) is 29.8 Å². The second kappa shape index (κ2) is 3.51. The molecular weight excluding hydrogens is 202 g/mol. The summed E-state index contributed by atoms with van der Waals surface area (Å²) in [6.45, 7) is 0.980. The van der Waals surface area contributed by atoms with Crippen molar-refractivity contribution in [3.8, 4) is 0 Å². The molecule has 16 heavy (non-hydrogen) atoms. The molecule has 1 N–H and O–H groups in total. The predicted molar refractivity (Wildman–Crippen MR) is 61.6 cm³/mol. The van der Waals surface area contributed by atoms with Gasteiger partial charge in [-0.25, -0.2) is 0 Å². The van der Waals surface area contributed by atoms with Gasteiger partial charge in [-0.1, -0.05) is 18.2 Å². The lowest BCUT2D eigenvalue weighted by Crippen LogP contribution is -2.49.